The summed E-state index contributed by atoms with van der Waals surface area (Å²) in [5.74, 6) is -0.322. The van der Waals surface area contributed by atoms with E-state index in [4.69, 9.17) is 10.8 Å². The average Bonchev–Trinajstić information content (AvgIpc) is 2.57. The molecule has 1 unspecified atom stereocenters. The van der Waals surface area contributed by atoms with Gasteiger partial charge >= 0.3 is 5.69 Å². The molecule has 5 N–H and O–H groups in total. The number of anilines is 1. The summed E-state index contributed by atoms with van der Waals surface area (Å²) in [7, 11) is 0. The van der Waals surface area contributed by atoms with E-state index in [9.17, 15) is 15.0 Å². The summed E-state index contributed by atoms with van der Waals surface area (Å²) in [5, 5.41) is 28.5. The second-order valence-electron chi connectivity index (χ2n) is 4.27. The van der Waals surface area contributed by atoms with Crippen LogP contribution in [0.1, 0.15) is 12.5 Å². The van der Waals surface area contributed by atoms with E-state index in [2.05, 4.69) is 4.98 Å². The molecule has 2 rings (SSSR count). The highest BCUT2D eigenvalue weighted by Gasteiger charge is 2.42. The average molecular weight is 241 g/mol. The quantitative estimate of drug-likeness (QED) is 0.480. The lowest BCUT2D eigenvalue weighted by Gasteiger charge is -2.18. The zero-order valence-electron chi connectivity index (χ0n) is 9.10. The molecule has 0 radical (unpaired) electrons. The smallest absolute Gasteiger partial charge is 0.349 e. The third-order valence-electron chi connectivity index (χ3n) is 3.21. The van der Waals surface area contributed by atoms with Crippen LogP contribution >= 0.6 is 0 Å². The highest BCUT2D eigenvalue weighted by atomic mass is 16.3. The highest BCUT2D eigenvalue weighted by Crippen LogP contribution is 2.34. The van der Waals surface area contributed by atoms with Crippen molar-refractivity contribution in [1.29, 1.82) is 0 Å². The molecule has 94 valence electrons. The lowest BCUT2D eigenvalue weighted by atomic mass is 10.1. The minimum absolute atomic E-state index is 0.109. The Kier molecular flexibility index (Phi) is 3.14. The van der Waals surface area contributed by atoms with Gasteiger partial charge in [0.1, 0.15) is 11.9 Å². The Bertz CT molecular complexity index is 461. The van der Waals surface area contributed by atoms with Gasteiger partial charge in [0.15, 0.2) is 0 Å². The van der Waals surface area contributed by atoms with Crippen LogP contribution in [-0.2, 0) is 0 Å². The van der Waals surface area contributed by atoms with Gasteiger partial charge in [0.05, 0.1) is 12.1 Å². The fourth-order valence-corrected chi connectivity index (χ4v) is 2.23. The number of aliphatic hydroxyl groups excluding tert-OH is 3. The van der Waals surface area contributed by atoms with Gasteiger partial charge in [0.2, 0.25) is 0 Å². The standard InChI is InChI=1S/C10H15N3O4/c11-7-1-2-13(10(17)12-7)6-3-5(4-14)8(15)9(6)16/h1-2,5-6,8-9,14-16H,3-4H2,(H2,11,12,17)/t5-,6-,8?,9-/m1/s1. The van der Waals surface area contributed by atoms with Crippen molar-refractivity contribution in [1.82, 2.24) is 9.55 Å². The maximum atomic E-state index is 11.6. The monoisotopic (exact) mass is 241 g/mol. The van der Waals surface area contributed by atoms with Crippen molar-refractivity contribution < 1.29 is 15.3 Å². The maximum absolute atomic E-state index is 11.6. The molecule has 0 saturated heterocycles. The first-order valence-electron chi connectivity index (χ1n) is 5.36. The fourth-order valence-electron chi connectivity index (χ4n) is 2.23. The Labute approximate surface area is 97.1 Å². The lowest BCUT2D eigenvalue weighted by Crippen LogP contribution is -2.35. The van der Waals surface area contributed by atoms with Crippen molar-refractivity contribution in [2.24, 2.45) is 5.92 Å². The molecule has 1 fully saturated rings. The van der Waals surface area contributed by atoms with Crippen LogP contribution in [0.15, 0.2) is 17.1 Å². The van der Waals surface area contributed by atoms with Gasteiger partial charge in [-0.15, -0.1) is 0 Å². The molecule has 7 heteroatoms. The number of aromatic nitrogens is 2. The molecule has 1 aromatic heterocycles. The van der Waals surface area contributed by atoms with Crippen LogP contribution < -0.4 is 11.4 Å². The largest absolute Gasteiger partial charge is 0.396 e. The third kappa shape index (κ3) is 2.04. The Morgan fingerprint density at radius 2 is 2.18 bits per heavy atom. The summed E-state index contributed by atoms with van der Waals surface area (Å²) in [6.45, 7) is -0.230. The first-order valence-corrected chi connectivity index (χ1v) is 5.36. The van der Waals surface area contributed by atoms with Crippen molar-refractivity contribution in [2.75, 3.05) is 12.3 Å². The molecule has 0 amide bonds. The van der Waals surface area contributed by atoms with E-state index in [1.807, 2.05) is 0 Å². The van der Waals surface area contributed by atoms with Crippen molar-refractivity contribution >= 4 is 5.82 Å². The molecule has 1 aromatic rings. The summed E-state index contributed by atoms with van der Waals surface area (Å²) >= 11 is 0. The summed E-state index contributed by atoms with van der Waals surface area (Å²) < 4.78 is 1.24. The van der Waals surface area contributed by atoms with Gasteiger partial charge in [-0.3, -0.25) is 4.57 Å². The molecule has 0 spiro atoms. The number of hydrogen-bond acceptors (Lipinski definition) is 6. The van der Waals surface area contributed by atoms with Gasteiger partial charge in [0, 0.05) is 18.7 Å². The first kappa shape index (κ1) is 12.0. The van der Waals surface area contributed by atoms with Crippen LogP contribution in [-0.4, -0.2) is 43.7 Å². The van der Waals surface area contributed by atoms with Gasteiger partial charge < -0.3 is 21.1 Å². The maximum Gasteiger partial charge on any atom is 0.349 e. The Morgan fingerprint density at radius 3 is 2.71 bits per heavy atom. The van der Waals surface area contributed by atoms with Crippen molar-refractivity contribution in [3.05, 3.63) is 22.7 Å². The van der Waals surface area contributed by atoms with E-state index in [1.165, 1.54) is 16.8 Å². The highest BCUT2D eigenvalue weighted by molar-refractivity contribution is 5.23. The van der Waals surface area contributed by atoms with E-state index in [-0.39, 0.29) is 12.4 Å². The summed E-state index contributed by atoms with van der Waals surface area (Å²) in [6, 6.07) is 0.870. The number of nitrogens with zero attached hydrogens (tertiary/aromatic N) is 2. The van der Waals surface area contributed by atoms with E-state index in [1.54, 1.807) is 0 Å². The normalized spacial score (nSPS) is 32.9. The molecule has 0 aliphatic heterocycles. The van der Waals surface area contributed by atoms with Gasteiger partial charge in [0.25, 0.3) is 0 Å². The second-order valence-corrected chi connectivity index (χ2v) is 4.27. The summed E-state index contributed by atoms with van der Waals surface area (Å²) in [4.78, 5) is 15.1. The molecular formula is C10H15N3O4. The van der Waals surface area contributed by atoms with Gasteiger partial charge in [-0.05, 0) is 12.5 Å². The van der Waals surface area contributed by atoms with E-state index < -0.39 is 29.9 Å². The predicted octanol–water partition coefficient (Wildman–Crippen LogP) is -1.90. The van der Waals surface area contributed by atoms with Crippen LogP contribution in [0.2, 0.25) is 0 Å². The SMILES string of the molecule is Nc1ccn([C@@H]2C[C@H](CO)C(O)[C@@H]2O)c(=O)n1. The lowest BCUT2D eigenvalue weighted by molar-refractivity contribution is -0.00453. The van der Waals surface area contributed by atoms with E-state index >= 15 is 0 Å². The minimum atomic E-state index is -1.09. The van der Waals surface area contributed by atoms with Crippen LogP contribution in [0.25, 0.3) is 0 Å². The zero-order valence-corrected chi connectivity index (χ0v) is 9.10. The molecular weight excluding hydrogens is 226 g/mol. The van der Waals surface area contributed by atoms with Gasteiger partial charge in [-0.25, -0.2) is 4.79 Å². The van der Waals surface area contributed by atoms with Crippen LogP contribution in [0.4, 0.5) is 5.82 Å². The molecule has 17 heavy (non-hydrogen) atoms. The minimum Gasteiger partial charge on any atom is -0.396 e. The van der Waals surface area contributed by atoms with Crippen LogP contribution in [0.3, 0.4) is 0 Å². The molecule has 1 heterocycles. The van der Waals surface area contributed by atoms with Gasteiger partial charge in [-0.2, -0.15) is 4.98 Å². The fraction of sp³-hybridized carbons (Fsp3) is 0.600. The Hall–Kier alpha value is -1.44. The third-order valence-corrected chi connectivity index (χ3v) is 3.21. The van der Waals surface area contributed by atoms with Crippen molar-refractivity contribution in [2.45, 2.75) is 24.7 Å². The Balaban J connectivity index is 2.32. The number of rotatable bonds is 2. The second kappa shape index (κ2) is 4.44. The molecule has 1 aliphatic carbocycles. The zero-order chi connectivity index (χ0) is 12.6. The van der Waals surface area contributed by atoms with E-state index in [0.29, 0.717) is 6.42 Å². The Morgan fingerprint density at radius 1 is 1.47 bits per heavy atom. The van der Waals surface area contributed by atoms with Crippen molar-refractivity contribution in [3.63, 3.8) is 0 Å². The van der Waals surface area contributed by atoms with Crippen molar-refractivity contribution in [3.8, 4) is 0 Å². The first-order chi connectivity index (χ1) is 8.04. The van der Waals surface area contributed by atoms with Crippen LogP contribution in [0, 0.1) is 5.92 Å². The number of nitrogens with two attached hydrogens (primary N) is 1. The molecule has 4 atom stereocenters. The summed E-state index contributed by atoms with van der Waals surface area (Å²) in [5.41, 5.74) is 4.80. The molecule has 0 bridgehead atoms. The summed E-state index contributed by atoms with van der Waals surface area (Å²) in [6.07, 6.45) is -0.361. The molecule has 0 aromatic carbocycles. The van der Waals surface area contributed by atoms with E-state index in [0.717, 1.165) is 0 Å². The molecule has 1 aliphatic rings. The van der Waals surface area contributed by atoms with Crippen LogP contribution in [0.5, 0.6) is 0 Å². The molecule has 1 saturated carbocycles. The predicted molar refractivity (Wildman–Crippen MR) is 59.2 cm³/mol. The molecule has 7 nitrogen and oxygen atoms in total. The topological polar surface area (TPSA) is 122 Å². The number of hydrogen-bond donors (Lipinski definition) is 4. The van der Waals surface area contributed by atoms with Gasteiger partial charge in [-0.1, -0.05) is 0 Å². The number of nitrogen functional groups attached to an aromatic ring is 1. The number of aliphatic hydroxyl groups is 3.